The number of ether oxygens (including phenoxy) is 1. The zero-order valence-corrected chi connectivity index (χ0v) is 11.4. The molecule has 0 saturated carbocycles. The highest BCUT2D eigenvalue weighted by atomic mass is 16.5. The predicted octanol–water partition coefficient (Wildman–Crippen LogP) is 3.67. The molecule has 100 valence electrons. The van der Waals surface area contributed by atoms with Crippen molar-refractivity contribution >= 4 is 5.69 Å². The highest BCUT2D eigenvalue weighted by Gasteiger charge is 2.24. The number of benzene rings is 2. The highest BCUT2D eigenvalue weighted by molar-refractivity contribution is 5.53. The van der Waals surface area contributed by atoms with Gasteiger partial charge in [-0.25, -0.2) is 0 Å². The SMILES string of the molecule is COc1cccc2c1CCC2Nc1ccc(C#N)cc1. The first-order chi connectivity index (χ1) is 9.81. The van der Waals surface area contributed by atoms with E-state index >= 15 is 0 Å². The van der Waals surface area contributed by atoms with Gasteiger partial charge in [0, 0.05) is 5.69 Å². The van der Waals surface area contributed by atoms with E-state index in [9.17, 15) is 0 Å². The molecule has 1 aliphatic rings. The second kappa shape index (κ2) is 5.26. The molecule has 3 heteroatoms. The summed E-state index contributed by atoms with van der Waals surface area (Å²) >= 11 is 0. The van der Waals surface area contributed by atoms with Crippen molar-refractivity contribution in [1.29, 1.82) is 5.26 Å². The summed E-state index contributed by atoms with van der Waals surface area (Å²) in [4.78, 5) is 0. The normalized spacial score (nSPS) is 16.3. The Bertz CT molecular complexity index is 656. The van der Waals surface area contributed by atoms with E-state index < -0.39 is 0 Å². The average molecular weight is 264 g/mol. The summed E-state index contributed by atoms with van der Waals surface area (Å²) in [6, 6.07) is 16.2. The number of methoxy groups -OCH3 is 1. The van der Waals surface area contributed by atoms with E-state index in [4.69, 9.17) is 10.00 Å². The first-order valence-corrected chi connectivity index (χ1v) is 6.74. The van der Waals surface area contributed by atoms with Crippen molar-refractivity contribution in [1.82, 2.24) is 0 Å². The van der Waals surface area contributed by atoms with Gasteiger partial charge in [-0.3, -0.25) is 0 Å². The van der Waals surface area contributed by atoms with Gasteiger partial charge in [0.1, 0.15) is 5.75 Å². The summed E-state index contributed by atoms with van der Waals surface area (Å²) < 4.78 is 5.42. The van der Waals surface area contributed by atoms with E-state index in [0.717, 1.165) is 24.3 Å². The van der Waals surface area contributed by atoms with Crippen molar-refractivity contribution in [3.8, 4) is 11.8 Å². The number of nitrogens with one attached hydrogen (secondary N) is 1. The van der Waals surface area contributed by atoms with Crippen molar-refractivity contribution in [2.45, 2.75) is 18.9 Å². The van der Waals surface area contributed by atoms with Gasteiger partial charge in [-0.05, 0) is 54.3 Å². The van der Waals surface area contributed by atoms with Crippen LogP contribution in [0.3, 0.4) is 0 Å². The first kappa shape index (κ1) is 12.6. The average Bonchev–Trinajstić information content (AvgIpc) is 2.91. The number of hydrogen-bond acceptors (Lipinski definition) is 3. The molecule has 0 fully saturated rings. The Labute approximate surface area is 118 Å². The summed E-state index contributed by atoms with van der Waals surface area (Å²) in [7, 11) is 1.72. The molecule has 20 heavy (non-hydrogen) atoms. The molecule has 3 rings (SSSR count). The third-order valence-corrected chi connectivity index (χ3v) is 3.80. The Hall–Kier alpha value is -2.47. The maximum absolute atomic E-state index is 8.82. The van der Waals surface area contributed by atoms with Crippen LogP contribution in [0.5, 0.6) is 5.75 Å². The molecule has 2 aromatic rings. The zero-order chi connectivity index (χ0) is 13.9. The Morgan fingerprint density at radius 2 is 2.00 bits per heavy atom. The fourth-order valence-corrected chi connectivity index (χ4v) is 2.80. The fourth-order valence-electron chi connectivity index (χ4n) is 2.80. The van der Waals surface area contributed by atoms with Crippen molar-refractivity contribution in [3.63, 3.8) is 0 Å². The van der Waals surface area contributed by atoms with Crippen molar-refractivity contribution in [2.24, 2.45) is 0 Å². The van der Waals surface area contributed by atoms with Crippen molar-refractivity contribution in [2.75, 3.05) is 12.4 Å². The third kappa shape index (κ3) is 2.21. The van der Waals surface area contributed by atoms with E-state index in [2.05, 4.69) is 17.5 Å². The molecule has 0 heterocycles. The molecule has 0 radical (unpaired) electrons. The van der Waals surface area contributed by atoms with Gasteiger partial charge < -0.3 is 10.1 Å². The maximum atomic E-state index is 8.82. The molecule has 0 aromatic heterocycles. The lowest BCUT2D eigenvalue weighted by molar-refractivity contribution is 0.410. The van der Waals surface area contributed by atoms with Gasteiger partial charge in [0.25, 0.3) is 0 Å². The van der Waals surface area contributed by atoms with Crippen molar-refractivity contribution < 1.29 is 4.74 Å². The number of fused-ring (bicyclic) bond motifs is 1. The van der Waals surface area contributed by atoms with Crippen LogP contribution in [0.15, 0.2) is 42.5 Å². The smallest absolute Gasteiger partial charge is 0.122 e. The van der Waals surface area contributed by atoms with Crippen LogP contribution in [0.2, 0.25) is 0 Å². The third-order valence-electron chi connectivity index (χ3n) is 3.80. The molecule has 3 nitrogen and oxygen atoms in total. The number of nitriles is 1. The second-order valence-corrected chi connectivity index (χ2v) is 4.95. The maximum Gasteiger partial charge on any atom is 0.122 e. The van der Waals surface area contributed by atoms with Crippen LogP contribution in [-0.4, -0.2) is 7.11 Å². The number of hydrogen-bond donors (Lipinski definition) is 1. The molecule has 0 spiro atoms. The lowest BCUT2D eigenvalue weighted by Gasteiger charge is -2.16. The zero-order valence-electron chi connectivity index (χ0n) is 11.4. The number of anilines is 1. The van der Waals surface area contributed by atoms with Crippen LogP contribution in [0.1, 0.15) is 29.2 Å². The molecule has 0 saturated heterocycles. The fraction of sp³-hybridized carbons (Fsp3) is 0.235. The molecule has 1 atom stereocenters. The van der Waals surface area contributed by atoms with Gasteiger partial charge in [0.2, 0.25) is 0 Å². The van der Waals surface area contributed by atoms with E-state index in [1.807, 2.05) is 36.4 Å². The van der Waals surface area contributed by atoms with Crippen LogP contribution in [-0.2, 0) is 6.42 Å². The first-order valence-electron chi connectivity index (χ1n) is 6.74. The van der Waals surface area contributed by atoms with Crippen molar-refractivity contribution in [3.05, 3.63) is 59.2 Å². The molecule has 0 amide bonds. The van der Waals surface area contributed by atoms with Gasteiger partial charge in [-0.2, -0.15) is 5.26 Å². The van der Waals surface area contributed by atoms with Gasteiger partial charge in [0.15, 0.2) is 0 Å². The minimum absolute atomic E-state index is 0.313. The molecular formula is C17H16N2O. The van der Waals surface area contributed by atoms with Gasteiger partial charge in [-0.15, -0.1) is 0 Å². The van der Waals surface area contributed by atoms with E-state index in [1.54, 1.807) is 7.11 Å². The van der Waals surface area contributed by atoms with Crippen LogP contribution in [0.4, 0.5) is 5.69 Å². The van der Waals surface area contributed by atoms with Crippen LogP contribution in [0, 0.1) is 11.3 Å². The Balaban J connectivity index is 1.83. The Morgan fingerprint density at radius 3 is 2.70 bits per heavy atom. The molecule has 1 unspecified atom stereocenters. The molecule has 0 bridgehead atoms. The van der Waals surface area contributed by atoms with Gasteiger partial charge in [0.05, 0.1) is 24.8 Å². The quantitative estimate of drug-likeness (QED) is 0.920. The summed E-state index contributed by atoms with van der Waals surface area (Å²) in [5.74, 6) is 0.978. The van der Waals surface area contributed by atoms with Crippen LogP contribution < -0.4 is 10.1 Å². The van der Waals surface area contributed by atoms with E-state index in [1.165, 1.54) is 11.1 Å². The summed E-state index contributed by atoms with van der Waals surface area (Å²) in [6.07, 6.45) is 2.10. The molecule has 0 aliphatic heterocycles. The Morgan fingerprint density at radius 1 is 1.20 bits per heavy atom. The van der Waals surface area contributed by atoms with Gasteiger partial charge >= 0.3 is 0 Å². The molecular weight excluding hydrogens is 248 g/mol. The largest absolute Gasteiger partial charge is 0.496 e. The number of nitrogens with zero attached hydrogens (tertiary/aromatic N) is 1. The summed E-state index contributed by atoms with van der Waals surface area (Å²) in [5.41, 5.74) is 4.35. The summed E-state index contributed by atoms with van der Waals surface area (Å²) in [5, 5.41) is 12.4. The van der Waals surface area contributed by atoms with Gasteiger partial charge in [-0.1, -0.05) is 12.1 Å². The lowest BCUT2D eigenvalue weighted by Crippen LogP contribution is -2.07. The molecule has 2 aromatic carbocycles. The standard InChI is InChI=1S/C17H16N2O/c1-20-17-4-2-3-14-15(17)9-10-16(14)19-13-7-5-12(11-18)6-8-13/h2-8,16,19H,9-10H2,1H3. The minimum atomic E-state index is 0.313. The molecule has 1 aliphatic carbocycles. The summed E-state index contributed by atoms with van der Waals surface area (Å²) in [6.45, 7) is 0. The monoisotopic (exact) mass is 264 g/mol. The van der Waals surface area contributed by atoms with Crippen LogP contribution in [0.25, 0.3) is 0 Å². The van der Waals surface area contributed by atoms with Crippen LogP contribution >= 0.6 is 0 Å². The minimum Gasteiger partial charge on any atom is -0.496 e. The van der Waals surface area contributed by atoms with E-state index in [-0.39, 0.29) is 0 Å². The topological polar surface area (TPSA) is 45.0 Å². The number of rotatable bonds is 3. The predicted molar refractivity (Wildman–Crippen MR) is 78.8 cm³/mol. The lowest BCUT2D eigenvalue weighted by atomic mass is 10.1. The Kier molecular flexibility index (Phi) is 3.30. The molecule has 1 N–H and O–H groups in total. The second-order valence-electron chi connectivity index (χ2n) is 4.95. The highest BCUT2D eigenvalue weighted by Crippen LogP contribution is 2.38. The van der Waals surface area contributed by atoms with E-state index in [0.29, 0.717) is 11.6 Å².